The minimum atomic E-state index is -1.02. The van der Waals surface area contributed by atoms with E-state index >= 15 is 0 Å². The maximum Gasteiger partial charge on any atom is 0.247 e. The van der Waals surface area contributed by atoms with Crippen molar-refractivity contribution in [1.82, 2.24) is 15.2 Å². The van der Waals surface area contributed by atoms with Gasteiger partial charge in [-0.25, -0.2) is 4.39 Å². The Hall–Kier alpha value is -3.00. The van der Waals surface area contributed by atoms with E-state index < -0.39 is 12.0 Å². The summed E-state index contributed by atoms with van der Waals surface area (Å²) in [5.41, 5.74) is 1.96. The number of amides is 1. The predicted octanol–water partition coefficient (Wildman–Crippen LogP) is 5.65. The number of rotatable bonds is 6. The molecular weight excluding hydrogens is 427 g/mol. The van der Waals surface area contributed by atoms with E-state index in [1.54, 1.807) is 18.2 Å². The predicted molar refractivity (Wildman–Crippen MR) is 123 cm³/mol. The van der Waals surface area contributed by atoms with Gasteiger partial charge in [0, 0.05) is 23.3 Å². The zero-order valence-corrected chi connectivity index (χ0v) is 19.1. The van der Waals surface area contributed by atoms with Gasteiger partial charge in [-0.1, -0.05) is 68.9 Å². The molecule has 1 amide bonds. The average Bonchev–Trinajstić information content (AvgIpc) is 2.92. The standard InChI is InChI=1S/C24H25FN4O2S/c1-4-9-20(30)29-19-13-8-6-11-17(19)21-22(26-24(28-27-21)32-14-15(2)3)31-23(29)16-10-5-7-12-18(16)25/h5-8,10-13,15,23H,4,9,14H2,1-3H3/t23-/m1/s1. The molecule has 2 aromatic carbocycles. The van der Waals surface area contributed by atoms with Crippen LogP contribution >= 0.6 is 11.8 Å². The quantitative estimate of drug-likeness (QED) is 0.450. The molecule has 8 heteroatoms. The van der Waals surface area contributed by atoms with E-state index in [0.717, 1.165) is 5.75 Å². The Bertz CT molecular complexity index is 1120. The summed E-state index contributed by atoms with van der Waals surface area (Å²) < 4.78 is 21.2. The minimum Gasteiger partial charge on any atom is -0.447 e. The Morgan fingerprint density at radius 1 is 1.16 bits per heavy atom. The summed E-state index contributed by atoms with van der Waals surface area (Å²) in [6.45, 7) is 6.16. The van der Waals surface area contributed by atoms with Gasteiger partial charge >= 0.3 is 0 Å². The van der Waals surface area contributed by atoms with E-state index in [1.165, 1.54) is 22.7 Å². The fourth-order valence-electron chi connectivity index (χ4n) is 3.50. The number of thioether (sulfide) groups is 1. The monoisotopic (exact) mass is 452 g/mol. The second-order valence-electron chi connectivity index (χ2n) is 7.98. The van der Waals surface area contributed by atoms with Gasteiger partial charge in [0.25, 0.3) is 0 Å². The van der Waals surface area contributed by atoms with Crippen LogP contribution in [0.15, 0.2) is 53.7 Å². The summed E-state index contributed by atoms with van der Waals surface area (Å²) in [4.78, 5) is 19.4. The SMILES string of the molecule is CCCC(=O)N1c2ccccc2-c2nnc(SCC(C)C)nc2O[C@@H]1c1ccccc1F. The van der Waals surface area contributed by atoms with Crippen LogP contribution in [0.5, 0.6) is 5.88 Å². The minimum absolute atomic E-state index is 0.164. The van der Waals surface area contributed by atoms with Gasteiger partial charge in [-0.3, -0.25) is 9.69 Å². The molecule has 1 aromatic heterocycles. The van der Waals surface area contributed by atoms with Crippen LogP contribution < -0.4 is 9.64 Å². The molecule has 3 aromatic rings. The van der Waals surface area contributed by atoms with Gasteiger partial charge < -0.3 is 4.74 Å². The average molecular weight is 453 g/mol. The topological polar surface area (TPSA) is 68.2 Å². The van der Waals surface area contributed by atoms with E-state index in [9.17, 15) is 9.18 Å². The first kappa shape index (κ1) is 22.2. The van der Waals surface area contributed by atoms with Crippen molar-refractivity contribution in [3.05, 3.63) is 59.9 Å². The number of hydrogen-bond donors (Lipinski definition) is 0. The molecular formula is C24H25FN4O2S. The van der Waals surface area contributed by atoms with E-state index in [2.05, 4.69) is 29.0 Å². The fraction of sp³-hybridized carbons (Fsp3) is 0.333. The molecule has 1 atom stereocenters. The third-order valence-electron chi connectivity index (χ3n) is 4.96. The summed E-state index contributed by atoms with van der Waals surface area (Å²) in [6, 6.07) is 13.7. The zero-order valence-electron chi connectivity index (χ0n) is 18.3. The van der Waals surface area contributed by atoms with Gasteiger partial charge in [-0.05, 0) is 24.5 Å². The van der Waals surface area contributed by atoms with Crippen molar-refractivity contribution in [2.75, 3.05) is 10.7 Å². The molecule has 2 heterocycles. The molecule has 6 nitrogen and oxygen atoms in total. The zero-order chi connectivity index (χ0) is 22.7. The highest BCUT2D eigenvalue weighted by molar-refractivity contribution is 7.99. The van der Waals surface area contributed by atoms with Crippen molar-refractivity contribution in [2.45, 2.75) is 45.0 Å². The van der Waals surface area contributed by atoms with Crippen molar-refractivity contribution in [2.24, 2.45) is 5.92 Å². The maximum absolute atomic E-state index is 14.9. The Morgan fingerprint density at radius 3 is 2.66 bits per heavy atom. The normalized spacial score (nSPS) is 15.0. The smallest absolute Gasteiger partial charge is 0.247 e. The molecule has 0 saturated carbocycles. The molecule has 32 heavy (non-hydrogen) atoms. The number of para-hydroxylation sites is 1. The van der Waals surface area contributed by atoms with Crippen LogP contribution in [-0.2, 0) is 4.79 Å². The first-order valence-electron chi connectivity index (χ1n) is 10.7. The molecule has 166 valence electrons. The fourth-order valence-corrected chi connectivity index (χ4v) is 4.23. The molecule has 0 saturated heterocycles. The Morgan fingerprint density at radius 2 is 1.91 bits per heavy atom. The Balaban J connectivity index is 1.89. The molecule has 0 bridgehead atoms. The lowest BCUT2D eigenvalue weighted by Crippen LogP contribution is -2.38. The van der Waals surface area contributed by atoms with Gasteiger partial charge in [0.15, 0.2) is 5.69 Å². The number of benzene rings is 2. The van der Waals surface area contributed by atoms with Crippen LogP contribution in [0.2, 0.25) is 0 Å². The number of anilines is 1. The second-order valence-corrected chi connectivity index (χ2v) is 8.96. The summed E-state index contributed by atoms with van der Waals surface area (Å²) in [7, 11) is 0. The van der Waals surface area contributed by atoms with Crippen LogP contribution in [0.1, 0.15) is 45.4 Å². The van der Waals surface area contributed by atoms with Crippen LogP contribution in [0.25, 0.3) is 11.3 Å². The van der Waals surface area contributed by atoms with Gasteiger partial charge in [0.05, 0.1) is 5.69 Å². The third kappa shape index (κ3) is 4.46. The van der Waals surface area contributed by atoms with Gasteiger partial charge in [-0.2, -0.15) is 4.98 Å². The highest BCUT2D eigenvalue weighted by Gasteiger charge is 2.36. The molecule has 4 rings (SSSR count). The van der Waals surface area contributed by atoms with Crippen LogP contribution in [-0.4, -0.2) is 26.8 Å². The van der Waals surface area contributed by atoms with Crippen LogP contribution in [0, 0.1) is 11.7 Å². The van der Waals surface area contributed by atoms with Crippen molar-refractivity contribution in [1.29, 1.82) is 0 Å². The molecule has 0 fully saturated rings. The largest absolute Gasteiger partial charge is 0.447 e. The number of aromatic nitrogens is 3. The molecule has 1 aliphatic rings. The molecule has 0 radical (unpaired) electrons. The Kier molecular flexibility index (Phi) is 6.69. The number of nitrogens with zero attached hydrogens (tertiary/aromatic N) is 4. The van der Waals surface area contributed by atoms with Crippen molar-refractivity contribution < 1.29 is 13.9 Å². The first-order valence-corrected chi connectivity index (χ1v) is 11.7. The van der Waals surface area contributed by atoms with Gasteiger partial charge in [-0.15, -0.1) is 10.2 Å². The summed E-state index contributed by atoms with van der Waals surface area (Å²) in [5.74, 6) is 0.901. The maximum atomic E-state index is 14.9. The lowest BCUT2D eigenvalue weighted by atomic mass is 10.1. The van der Waals surface area contributed by atoms with Crippen molar-refractivity contribution in [3.63, 3.8) is 0 Å². The summed E-state index contributed by atoms with van der Waals surface area (Å²) >= 11 is 1.49. The molecule has 0 aliphatic carbocycles. The van der Waals surface area contributed by atoms with E-state index in [4.69, 9.17) is 4.74 Å². The molecule has 0 N–H and O–H groups in total. The molecule has 0 spiro atoms. The highest BCUT2D eigenvalue weighted by Crippen LogP contribution is 2.44. The highest BCUT2D eigenvalue weighted by atomic mass is 32.2. The summed E-state index contributed by atoms with van der Waals surface area (Å²) in [5, 5.41) is 9.15. The lowest BCUT2D eigenvalue weighted by molar-refractivity contribution is -0.120. The Labute approximate surface area is 191 Å². The van der Waals surface area contributed by atoms with Gasteiger partial charge in [0.2, 0.25) is 23.2 Å². The third-order valence-corrected chi connectivity index (χ3v) is 6.23. The van der Waals surface area contributed by atoms with E-state index in [-0.39, 0.29) is 17.4 Å². The van der Waals surface area contributed by atoms with Gasteiger partial charge in [0.1, 0.15) is 5.82 Å². The van der Waals surface area contributed by atoms with E-state index in [1.807, 2.05) is 31.2 Å². The van der Waals surface area contributed by atoms with E-state index in [0.29, 0.717) is 40.9 Å². The summed E-state index contributed by atoms with van der Waals surface area (Å²) in [6.07, 6.45) is -0.0619. The van der Waals surface area contributed by atoms with Crippen molar-refractivity contribution >= 4 is 23.4 Å². The number of carbonyl (C=O) groups excluding carboxylic acids is 1. The van der Waals surface area contributed by atoms with Crippen molar-refractivity contribution in [3.8, 4) is 17.1 Å². The second kappa shape index (κ2) is 9.65. The number of halogens is 1. The number of hydrogen-bond acceptors (Lipinski definition) is 6. The van der Waals surface area contributed by atoms with Crippen LogP contribution in [0.4, 0.5) is 10.1 Å². The lowest BCUT2D eigenvalue weighted by Gasteiger charge is -2.31. The molecule has 1 aliphatic heterocycles. The number of ether oxygens (including phenoxy) is 1. The first-order chi connectivity index (χ1) is 15.5. The number of carbonyl (C=O) groups is 1. The van der Waals surface area contributed by atoms with Crippen LogP contribution in [0.3, 0.4) is 0 Å². The number of fused-ring (bicyclic) bond motifs is 3. The molecule has 0 unspecified atom stereocenters.